The zero-order valence-corrected chi connectivity index (χ0v) is 12.5. The van der Waals surface area contributed by atoms with Gasteiger partial charge >= 0.3 is 6.09 Å². The van der Waals surface area contributed by atoms with Gasteiger partial charge in [-0.05, 0) is 18.4 Å². The van der Waals surface area contributed by atoms with Gasteiger partial charge in [0.2, 0.25) is 0 Å². The van der Waals surface area contributed by atoms with Crippen LogP contribution in [0.2, 0.25) is 0 Å². The van der Waals surface area contributed by atoms with Crippen molar-refractivity contribution in [2.24, 2.45) is 0 Å². The lowest BCUT2D eigenvalue weighted by molar-refractivity contribution is -0.185. The van der Waals surface area contributed by atoms with Gasteiger partial charge in [0, 0.05) is 25.2 Å². The third kappa shape index (κ3) is 1.64. The zero-order valence-electron chi connectivity index (χ0n) is 12.5. The van der Waals surface area contributed by atoms with Crippen LogP contribution in [0.4, 0.5) is 4.79 Å². The fourth-order valence-corrected chi connectivity index (χ4v) is 4.74. The van der Waals surface area contributed by atoms with E-state index in [-0.39, 0.29) is 17.7 Å². The number of ether oxygens (including phenoxy) is 2. The second kappa shape index (κ2) is 4.46. The molecule has 5 heteroatoms. The number of rotatable bonds is 2. The molecule has 3 atom stereocenters. The summed E-state index contributed by atoms with van der Waals surface area (Å²) in [5, 5.41) is 0. The van der Waals surface area contributed by atoms with Crippen molar-refractivity contribution in [2.75, 3.05) is 19.8 Å². The molecule has 0 saturated carbocycles. The Morgan fingerprint density at radius 2 is 2.00 bits per heavy atom. The van der Waals surface area contributed by atoms with Crippen molar-refractivity contribution in [1.29, 1.82) is 0 Å². The minimum Gasteiger partial charge on any atom is -0.436 e. The van der Waals surface area contributed by atoms with Gasteiger partial charge in [-0.2, -0.15) is 0 Å². The number of carbonyl (C=O) groups is 1. The first-order chi connectivity index (χ1) is 10.8. The highest BCUT2D eigenvalue weighted by atomic mass is 16.6. The first kappa shape index (κ1) is 12.9. The predicted octanol–water partition coefficient (Wildman–Crippen LogP) is 1.62. The van der Waals surface area contributed by atoms with Crippen molar-refractivity contribution in [3.05, 3.63) is 35.9 Å². The summed E-state index contributed by atoms with van der Waals surface area (Å²) < 4.78 is 11.1. The Morgan fingerprint density at radius 3 is 2.73 bits per heavy atom. The molecule has 116 valence electrons. The third-order valence-corrected chi connectivity index (χ3v) is 5.76. The average molecular weight is 300 g/mol. The minimum absolute atomic E-state index is 0.135. The molecule has 3 unspecified atom stereocenters. The van der Waals surface area contributed by atoms with Gasteiger partial charge in [0.05, 0.1) is 19.3 Å². The molecular weight excluding hydrogens is 280 g/mol. The standard InChI is InChI=1S/C17H20N2O3/c20-16-19-9-13-6-7-14(15(19)17(22-16)10-21-11-17)18(13)8-12-4-2-1-3-5-12/h1-5,13-15H,6-11H2. The largest absolute Gasteiger partial charge is 0.436 e. The van der Waals surface area contributed by atoms with Gasteiger partial charge in [-0.1, -0.05) is 30.3 Å². The Hall–Kier alpha value is -1.59. The van der Waals surface area contributed by atoms with Crippen LogP contribution in [0, 0.1) is 0 Å². The van der Waals surface area contributed by atoms with Gasteiger partial charge < -0.3 is 9.47 Å². The van der Waals surface area contributed by atoms with E-state index in [2.05, 4.69) is 35.2 Å². The van der Waals surface area contributed by atoms with Crippen LogP contribution >= 0.6 is 0 Å². The van der Waals surface area contributed by atoms with Crippen molar-refractivity contribution in [3.63, 3.8) is 0 Å². The van der Waals surface area contributed by atoms with E-state index in [9.17, 15) is 4.79 Å². The second-order valence-corrected chi connectivity index (χ2v) is 6.98. The van der Waals surface area contributed by atoms with Crippen molar-refractivity contribution in [2.45, 2.75) is 43.1 Å². The monoisotopic (exact) mass is 300 g/mol. The topological polar surface area (TPSA) is 42.0 Å². The molecule has 0 N–H and O–H groups in total. The molecule has 1 aromatic rings. The van der Waals surface area contributed by atoms with E-state index < -0.39 is 0 Å². The van der Waals surface area contributed by atoms with Crippen LogP contribution < -0.4 is 0 Å². The van der Waals surface area contributed by atoms with Crippen LogP contribution in [-0.2, 0) is 16.0 Å². The van der Waals surface area contributed by atoms with Gasteiger partial charge in [0.1, 0.15) is 0 Å². The fraction of sp³-hybridized carbons (Fsp3) is 0.588. The number of hydrogen-bond acceptors (Lipinski definition) is 4. The number of hydrogen-bond donors (Lipinski definition) is 0. The quantitative estimate of drug-likeness (QED) is 0.832. The Labute approximate surface area is 129 Å². The summed E-state index contributed by atoms with van der Waals surface area (Å²) in [6.07, 6.45) is 2.19. The Bertz CT molecular complexity index is 601. The van der Waals surface area contributed by atoms with Crippen LogP contribution in [0.5, 0.6) is 0 Å². The van der Waals surface area contributed by atoms with Crippen LogP contribution in [0.25, 0.3) is 0 Å². The minimum atomic E-state index is -0.383. The maximum atomic E-state index is 12.2. The van der Waals surface area contributed by atoms with Crippen molar-refractivity contribution >= 4 is 6.09 Å². The smallest absolute Gasteiger partial charge is 0.411 e. The molecule has 4 aliphatic heterocycles. The number of nitrogens with zero attached hydrogens (tertiary/aromatic N) is 2. The number of fused-ring (bicyclic) bond motifs is 5. The van der Waals surface area contributed by atoms with Gasteiger partial charge in [-0.25, -0.2) is 4.79 Å². The Kier molecular flexibility index (Phi) is 2.62. The summed E-state index contributed by atoms with van der Waals surface area (Å²) in [5.41, 5.74) is 0.962. The fourth-order valence-electron chi connectivity index (χ4n) is 4.74. The molecule has 2 bridgehead atoms. The number of amides is 1. The maximum absolute atomic E-state index is 12.2. The third-order valence-electron chi connectivity index (χ3n) is 5.76. The molecule has 1 spiro atoms. The molecule has 0 radical (unpaired) electrons. The van der Waals surface area contributed by atoms with E-state index in [0.717, 1.165) is 19.5 Å². The molecule has 5 rings (SSSR count). The lowest BCUT2D eigenvalue weighted by Gasteiger charge is -2.49. The highest BCUT2D eigenvalue weighted by Gasteiger charge is 2.65. The molecule has 22 heavy (non-hydrogen) atoms. The van der Waals surface area contributed by atoms with E-state index >= 15 is 0 Å². The van der Waals surface area contributed by atoms with E-state index in [1.165, 1.54) is 12.0 Å². The van der Waals surface area contributed by atoms with Crippen molar-refractivity contribution in [3.8, 4) is 0 Å². The summed E-state index contributed by atoms with van der Waals surface area (Å²) in [6.45, 7) is 2.88. The van der Waals surface area contributed by atoms with Gasteiger partial charge in [-0.3, -0.25) is 9.80 Å². The lowest BCUT2D eigenvalue weighted by Crippen LogP contribution is -2.68. The number of benzene rings is 1. The van der Waals surface area contributed by atoms with E-state index in [1.54, 1.807) is 0 Å². The highest BCUT2D eigenvalue weighted by Crippen LogP contribution is 2.46. The number of carbonyl (C=O) groups excluding carboxylic acids is 1. The van der Waals surface area contributed by atoms with Crippen molar-refractivity contribution in [1.82, 2.24) is 9.80 Å². The summed E-state index contributed by atoms with van der Waals surface area (Å²) >= 11 is 0. The highest BCUT2D eigenvalue weighted by molar-refractivity contribution is 5.72. The normalized spacial score (nSPS) is 35.4. The van der Waals surface area contributed by atoms with E-state index in [0.29, 0.717) is 25.3 Å². The maximum Gasteiger partial charge on any atom is 0.411 e. The van der Waals surface area contributed by atoms with E-state index in [4.69, 9.17) is 9.47 Å². The molecule has 4 fully saturated rings. The van der Waals surface area contributed by atoms with Crippen molar-refractivity contribution < 1.29 is 14.3 Å². The van der Waals surface area contributed by atoms with Crippen LogP contribution in [-0.4, -0.2) is 59.4 Å². The second-order valence-electron chi connectivity index (χ2n) is 6.98. The molecule has 1 aromatic carbocycles. The van der Waals surface area contributed by atoms with Gasteiger partial charge in [0.25, 0.3) is 0 Å². The van der Waals surface area contributed by atoms with Crippen LogP contribution in [0.3, 0.4) is 0 Å². The molecule has 4 saturated heterocycles. The lowest BCUT2D eigenvalue weighted by atomic mass is 9.85. The van der Waals surface area contributed by atoms with Gasteiger partial charge in [0.15, 0.2) is 5.60 Å². The Balaban J connectivity index is 1.46. The molecule has 4 aliphatic rings. The molecule has 1 amide bonds. The molecular formula is C17H20N2O3. The van der Waals surface area contributed by atoms with E-state index in [1.807, 2.05) is 4.90 Å². The predicted molar refractivity (Wildman–Crippen MR) is 79.3 cm³/mol. The summed E-state index contributed by atoms with van der Waals surface area (Å²) in [5.74, 6) is 0. The average Bonchev–Trinajstić information content (AvgIpc) is 2.93. The summed E-state index contributed by atoms with van der Waals surface area (Å²) in [6, 6.07) is 11.6. The first-order valence-electron chi connectivity index (χ1n) is 8.14. The SMILES string of the molecule is O=C1OC2(COC2)C2C3CCC(CN12)N3Cc1ccccc1. The number of piperazine rings is 1. The van der Waals surface area contributed by atoms with Crippen LogP contribution in [0.15, 0.2) is 30.3 Å². The van der Waals surface area contributed by atoms with Crippen LogP contribution in [0.1, 0.15) is 18.4 Å². The molecule has 0 aromatic heterocycles. The molecule has 0 aliphatic carbocycles. The summed E-state index contributed by atoms with van der Waals surface area (Å²) in [4.78, 5) is 16.8. The molecule has 4 heterocycles. The zero-order chi connectivity index (χ0) is 14.7. The Morgan fingerprint density at radius 1 is 1.18 bits per heavy atom. The van der Waals surface area contributed by atoms with Gasteiger partial charge in [-0.15, -0.1) is 0 Å². The molecule has 5 nitrogen and oxygen atoms in total. The first-order valence-corrected chi connectivity index (χ1v) is 8.14. The summed E-state index contributed by atoms with van der Waals surface area (Å²) in [7, 11) is 0.